The molecule has 0 radical (unpaired) electrons. The van der Waals surface area contributed by atoms with Gasteiger partial charge in [0.2, 0.25) is 17.6 Å². The summed E-state index contributed by atoms with van der Waals surface area (Å²) in [7, 11) is 0. The molecule has 2 aromatic heterocycles. The van der Waals surface area contributed by atoms with Crippen LogP contribution < -0.4 is 5.32 Å². The van der Waals surface area contributed by atoms with Gasteiger partial charge in [-0.1, -0.05) is 25.9 Å². The number of alkyl halides is 1. The number of nitrogens with zero attached hydrogens (tertiary/aromatic N) is 6. The molecule has 1 amide bonds. The summed E-state index contributed by atoms with van der Waals surface area (Å²) in [5, 5.41) is 16.6. The maximum atomic E-state index is 13.7. The second-order valence-corrected chi connectivity index (χ2v) is 9.06. The van der Waals surface area contributed by atoms with Crippen LogP contribution in [0.4, 0.5) is 4.39 Å². The van der Waals surface area contributed by atoms with Crippen molar-refractivity contribution in [3.8, 4) is 17.6 Å². The van der Waals surface area contributed by atoms with Crippen molar-refractivity contribution >= 4 is 5.91 Å². The number of halogens is 1. The molecule has 4 rings (SSSR count). The Labute approximate surface area is 180 Å². The average Bonchev–Trinajstić information content (AvgIpc) is 3.45. The molecule has 0 bridgehead atoms. The van der Waals surface area contributed by atoms with E-state index in [1.54, 1.807) is 18.6 Å². The van der Waals surface area contributed by atoms with Gasteiger partial charge < -0.3 is 14.7 Å². The molecule has 2 aliphatic rings. The number of amides is 1. The smallest absolute Gasteiger partial charge is 0.237 e. The maximum Gasteiger partial charge on any atom is 0.237 e. The average molecular weight is 427 g/mol. The van der Waals surface area contributed by atoms with Gasteiger partial charge in [0.15, 0.2) is 0 Å². The third-order valence-corrected chi connectivity index (χ3v) is 7.14. The molecule has 4 atom stereocenters. The number of aromatic nitrogens is 4. The Balaban J connectivity index is 1.45. The van der Waals surface area contributed by atoms with Crippen LogP contribution in [0.5, 0.6) is 0 Å². The highest BCUT2D eigenvalue weighted by atomic mass is 19.1. The van der Waals surface area contributed by atoms with Crippen LogP contribution in [0, 0.1) is 16.7 Å². The van der Waals surface area contributed by atoms with Gasteiger partial charge in [0, 0.05) is 24.9 Å². The third-order valence-electron chi connectivity index (χ3n) is 7.14. The van der Waals surface area contributed by atoms with Gasteiger partial charge in [-0.2, -0.15) is 10.2 Å². The van der Waals surface area contributed by atoms with Gasteiger partial charge in [-0.3, -0.25) is 9.78 Å². The van der Waals surface area contributed by atoms with Crippen molar-refractivity contribution in [1.29, 1.82) is 5.26 Å². The zero-order valence-corrected chi connectivity index (χ0v) is 17.9. The highest BCUT2D eigenvalue weighted by Crippen LogP contribution is 2.53. The lowest BCUT2D eigenvalue weighted by atomic mass is 9.67. The number of hydrogen-bond acceptors (Lipinski definition) is 8. The summed E-state index contributed by atoms with van der Waals surface area (Å²) in [6.07, 6.45) is 5.30. The van der Waals surface area contributed by atoms with E-state index >= 15 is 0 Å². The first-order chi connectivity index (χ1) is 14.8. The maximum absolute atomic E-state index is 13.7. The molecular formula is C21H26FN7O2. The summed E-state index contributed by atoms with van der Waals surface area (Å²) < 4.78 is 19.3. The van der Waals surface area contributed by atoms with E-state index in [0.717, 1.165) is 12.8 Å². The molecule has 2 aromatic rings. The molecule has 1 saturated carbocycles. The quantitative estimate of drug-likeness (QED) is 0.769. The van der Waals surface area contributed by atoms with E-state index < -0.39 is 17.6 Å². The first-order valence-electron chi connectivity index (χ1n) is 10.4. The van der Waals surface area contributed by atoms with Crippen LogP contribution in [0.3, 0.4) is 0 Å². The Kier molecular flexibility index (Phi) is 5.47. The molecule has 1 aliphatic heterocycles. The summed E-state index contributed by atoms with van der Waals surface area (Å²) in [5.74, 6) is 0.668. The molecule has 31 heavy (non-hydrogen) atoms. The predicted octanol–water partition coefficient (Wildman–Crippen LogP) is 2.03. The lowest BCUT2D eigenvalue weighted by molar-refractivity contribution is -0.130. The molecule has 0 unspecified atom stereocenters. The van der Waals surface area contributed by atoms with Crippen LogP contribution in [-0.2, 0) is 10.2 Å². The van der Waals surface area contributed by atoms with Crippen LogP contribution in [-0.4, -0.2) is 62.3 Å². The summed E-state index contributed by atoms with van der Waals surface area (Å²) in [6, 6.07) is 1.34. The minimum atomic E-state index is -1.14. The minimum absolute atomic E-state index is 0.0117. The van der Waals surface area contributed by atoms with E-state index in [-0.39, 0.29) is 36.9 Å². The zero-order chi connectivity index (χ0) is 22.2. The molecule has 1 N–H and O–H groups in total. The van der Waals surface area contributed by atoms with Gasteiger partial charge >= 0.3 is 0 Å². The zero-order valence-electron chi connectivity index (χ0n) is 17.9. The lowest BCUT2D eigenvalue weighted by Gasteiger charge is -2.39. The monoisotopic (exact) mass is 427 g/mol. The molecule has 164 valence electrons. The van der Waals surface area contributed by atoms with Crippen LogP contribution >= 0.6 is 0 Å². The fourth-order valence-electron chi connectivity index (χ4n) is 4.70. The fraction of sp³-hybridized carbons (Fsp3) is 0.619. The molecule has 0 aromatic carbocycles. The normalized spacial score (nSPS) is 29.8. The molecule has 1 saturated heterocycles. The van der Waals surface area contributed by atoms with Crippen molar-refractivity contribution in [2.45, 2.75) is 63.7 Å². The van der Waals surface area contributed by atoms with Crippen LogP contribution in [0.25, 0.3) is 11.5 Å². The predicted molar refractivity (Wildman–Crippen MR) is 108 cm³/mol. The SMILES string of the molecule is CC1(C)[C@@H](NCC(=O)N2C[C@@H](F)C[C@H]2C#N)CC[C@@]1(C)c1nc(-c2cnccn2)no1. The van der Waals surface area contributed by atoms with Gasteiger partial charge in [0.05, 0.1) is 30.8 Å². The Bertz CT molecular complexity index is 989. The highest BCUT2D eigenvalue weighted by Gasteiger charge is 2.55. The molecule has 0 spiro atoms. The van der Waals surface area contributed by atoms with Crippen molar-refractivity contribution in [3.63, 3.8) is 0 Å². The van der Waals surface area contributed by atoms with Crippen molar-refractivity contribution in [3.05, 3.63) is 24.5 Å². The standard InChI is InChI=1S/C21H26FN7O2/c1-20(2)16(26-11-17(30)29-12-13(22)8-14(29)9-23)4-5-21(20,3)19-27-18(28-31-19)15-10-24-6-7-25-15/h6-7,10,13-14,16,26H,4-5,8,11-12H2,1-3H3/t13-,14-,16-,21-/m0/s1. The fourth-order valence-corrected chi connectivity index (χ4v) is 4.70. The molecule has 2 fully saturated rings. The Morgan fingerprint density at radius 1 is 1.42 bits per heavy atom. The van der Waals surface area contributed by atoms with Crippen molar-refractivity contribution in [1.82, 2.24) is 30.3 Å². The Hall–Kier alpha value is -2.93. The lowest BCUT2D eigenvalue weighted by Crippen LogP contribution is -2.50. The van der Waals surface area contributed by atoms with Gasteiger partial charge in [-0.15, -0.1) is 0 Å². The summed E-state index contributed by atoms with van der Waals surface area (Å²) >= 11 is 0. The van der Waals surface area contributed by atoms with E-state index in [2.05, 4.69) is 46.2 Å². The van der Waals surface area contributed by atoms with Crippen molar-refractivity contribution in [2.24, 2.45) is 5.41 Å². The minimum Gasteiger partial charge on any atom is -0.338 e. The summed E-state index contributed by atoms with van der Waals surface area (Å²) in [5.41, 5.74) is -0.170. The van der Waals surface area contributed by atoms with E-state index in [4.69, 9.17) is 4.52 Å². The summed E-state index contributed by atoms with van der Waals surface area (Å²) in [6.45, 7) is 6.35. The van der Waals surface area contributed by atoms with E-state index in [0.29, 0.717) is 17.4 Å². The van der Waals surface area contributed by atoms with Gasteiger partial charge in [-0.25, -0.2) is 9.37 Å². The first kappa shape index (κ1) is 21.3. The summed E-state index contributed by atoms with van der Waals surface area (Å²) in [4.78, 5) is 26.8. The van der Waals surface area contributed by atoms with Gasteiger partial charge in [0.1, 0.15) is 17.9 Å². The largest absolute Gasteiger partial charge is 0.338 e. The number of nitriles is 1. The van der Waals surface area contributed by atoms with Gasteiger partial charge in [0.25, 0.3) is 0 Å². The third kappa shape index (κ3) is 3.67. The molecule has 1 aliphatic carbocycles. The van der Waals surface area contributed by atoms with Crippen LogP contribution in [0.1, 0.15) is 45.9 Å². The molecule has 3 heterocycles. The molecular weight excluding hydrogens is 401 g/mol. The van der Waals surface area contributed by atoms with Crippen LogP contribution in [0.15, 0.2) is 23.1 Å². The second-order valence-electron chi connectivity index (χ2n) is 9.06. The van der Waals surface area contributed by atoms with E-state index in [1.807, 2.05) is 6.07 Å². The number of carbonyl (C=O) groups is 1. The van der Waals surface area contributed by atoms with Gasteiger partial charge in [-0.05, 0) is 18.3 Å². The second kappa shape index (κ2) is 7.96. The number of hydrogen-bond donors (Lipinski definition) is 1. The Morgan fingerprint density at radius 3 is 2.94 bits per heavy atom. The first-order valence-corrected chi connectivity index (χ1v) is 10.4. The van der Waals surface area contributed by atoms with Crippen molar-refractivity contribution in [2.75, 3.05) is 13.1 Å². The molecule has 10 heteroatoms. The number of carbonyl (C=O) groups excluding carboxylic acids is 1. The highest BCUT2D eigenvalue weighted by molar-refractivity contribution is 5.79. The van der Waals surface area contributed by atoms with E-state index in [9.17, 15) is 14.4 Å². The number of nitrogens with one attached hydrogen (secondary N) is 1. The van der Waals surface area contributed by atoms with Crippen molar-refractivity contribution < 1.29 is 13.7 Å². The van der Waals surface area contributed by atoms with E-state index in [1.165, 1.54) is 4.90 Å². The topological polar surface area (TPSA) is 121 Å². The number of likely N-dealkylation sites (tertiary alicyclic amines) is 1. The number of rotatable bonds is 5. The Morgan fingerprint density at radius 2 is 2.23 bits per heavy atom. The van der Waals surface area contributed by atoms with Crippen LogP contribution in [0.2, 0.25) is 0 Å². The molecule has 9 nitrogen and oxygen atoms in total.